The highest BCUT2D eigenvalue weighted by atomic mass is 35.5. The molecule has 0 N–H and O–H groups in total. The van der Waals surface area contributed by atoms with Crippen LogP contribution < -0.4 is 9.04 Å². The van der Waals surface area contributed by atoms with E-state index >= 15 is 0 Å². The first-order valence-corrected chi connectivity index (χ1v) is 10.5. The molecule has 0 aromatic heterocycles. The molecule has 8 heteroatoms. The highest BCUT2D eigenvalue weighted by Gasteiger charge is 2.31. The number of benzene rings is 2. The molecule has 0 spiro atoms. The lowest BCUT2D eigenvalue weighted by molar-refractivity contribution is -0.131. The summed E-state index contributed by atoms with van der Waals surface area (Å²) in [6.07, 6.45) is 1.08. The van der Waals surface area contributed by atoms with Gasteiger partial charge in [-0.15, -0.1) is 0 Å². The average molecular weight is 411 g/mol. The van der Waals surface area contributed by atoms with Crippen molar-refractivity contribution in [1.82, 2.24) is 4.90 Å². The predicted molar refractivity (Wildman–Crippen MR) is 108 cm³/mol. The average Bonchev–Trinajstić information content (AvgIpc) is 2.62. The molecule has 0 saturated carbocycles. The number of nitrogens with zero attached hydrogens (tertiary/aromatic N) is 2. The molecule has 1 atom stereocenters. The number of hydrogen-bond donors (Lipinski definition) is 0. The Balaban J connectivity index is 2.24. The van der Waals surface area contributed by atoms with Gasteiger partial charge in [0, 0.05) is 18.6 Å². The Morgan fingerprint density at radius 2 is 1.67 bits per heavy atom. The van der Waals surface area contributed by atoms with Crippen molar-refractivity contribution < 1.29 is 17.9 Å². The second-order valence-corrected chi connectivity index (χ2v) is 8.55. The number of sulfonamides is 1. The number of hydrogen-bond acceptors (Lipinski definition) is 4. The van der Waals surface area contributed by atoms with Crippen LogP contribution in [0, 0.1) is 0 Å². The second-order valence-electron chi connectivity index (χ2n) is 6.25. The Hall–Kier alpha value is -2.25. The van der Waals surface area contributed by atoms with Crippen molar-refractivity contribution in [1.29, 1.82) is 0 Å². The molecule has 2 aromatic rings. The van der Waals surface area contributed by atoms with Gasteiger partial charge in [-0.1, -0.05) is 23.7 Å². The van der Waals surface area contributed by atoms with E-state index in [2.05, 4.69) is 0 Å². The summed E-state index contributed by atoms with van der Waals surface area (Å²) in [5, 5.41) is 0.615. The molecule has 1 amide bonds. The van der Waals surface area contributed by atoms with Gasteiger partial charge in [-0.05, 0) is 48.9 Å². The van der Waals surface area contributed by atoms with E-state index in [1.54, 1.807) is 50.4 Å². The Labute approximate surface area is 165 Å². The fourth-order valence-electron chi connectivity index (χ4n) is 2.79. The van der Waals surface area contributed by atoms with Gasteiger partial charge in [-0.25, -0.2) is 8.42 Å². The van der Waals surface area contributed by atoms with Crippen LogP contribution in [0.4, 0.5) is 5.69 Å². The topological polar surface area (TPSA) is 66.9 Å². The highest BCUT2D eigenvalue weighted by Crippen LogP contribution is 2.24. The Kier molecular flexibility index (Phi) is 6.73. The molecule has 146 valence electrons. The van der Waals surface area contributed by atoms with E-state index in [4.69, 9.17) is 16.3 Å². The molecule has 0 fully saturated rings. The summed E-state index contributed by atoms with van der Waals surface area (Å²) in [7, 11) is -0.496. The maximum absolute atomic E-state index is 12.9. The summed E-state index contributed by atoms with van der Waals surface area (Å²) in [5.74, 6) is 0.289. The number of carbonyl (C=O) groups excluding carboxylic acids is 1. The summed E-state index contributed by atoms with van der Waals surface area (Å²) < 4.78 is 30.9. The standard InChI is InChI=1S/C19H23ClN2O4S/c1-14(19(23)21(2)13-15-5-7-16(20)8-6-15)22(27(4,24)25)17-9-11-18(26-3)12-10-17/h5-12,14H,13H2,1-4H3/t14-/m1/s1. The molecule has 0 heterocycles. The van der Waals surface area contributed by atoms with Crippen LogP contribution in [0.15, 0.2) is 48.5 Å². The van der Waals surface area contributed by atoms with Crippen molar-refractivity contribution in [3.8, 4) is 5.75 Å². The summed E-state index contributed by atoms with van der Waals surface area (Å²) in [5.41, 5.74) is 1.30. The molecule has 0 aliphatic carbocycles. The molecular formula is C19H23ClN2O4S. The lowest BCUT2D eigenvalue weighted by Crippen LogP contribution is -2.48. The number of carbonyl (C=O) groups is 1. The second kappa shape index (κ2) is 8.63. The monoisotopic (exact) mass is 410 g/mol. The van der Waals surface area contributed by atoms with E-state index in [9.17, 15) is 13.2 Å². The molecular weight excluding hydrogens is 388 g/mol. The molecule has 0 radical (unpaired) electrons. The van der Waals surface area contributed by atoms with E-state index in [1.165, 1.54) is 12.0 Å². The molecule has 0 aliphatic heterocycles. The van der Waals surface area contributed by atoms with E-state index in [0.29, 0.717) is 23.0 Å². The normalized spacial score (nSPS) is 12.3. The Morgan fingerprint density at radius 3 is 2.15 bits per heavy atom. The van der Waals surface area contributed by atoms with Crippen LogP contribution in [0.1, 0.15) is 12.5 Å². The minimum absolute atomic E-state index is 0.314. The molecule has 0 unspecified atom stereocenters. The van der Waals surface area contributed by atoms with Crippen molar-refractivity contribution >= 4 is 33.2 Å². The van der Waals surface area contributed by atoms with E-state index in [-0.39, 0.29) is 5.91 Å². The van der Waals surface area contributed by atoms with Crippen LogP contribution in [0.5, 0.6) is 5.75 Å². The number of ether oxygens (including phenoxy) is 1. The van der Waals surface area contributed by atoms with Gasteiger partial charge in [0.1, 0.15) is 11.8 Å². The van der Waals surface area contributed by atoms with Crippen molar-refractivity contribution in [2.75, 3.05) is 24.7 Å². The first-order chi connectivity index (χ1) is 12.6. The maximum Gasteiger partial charge on any atom is 0.246 e. The lowest BCUT2D eigenvalue weighted by Gasteiger charge is -2.31. The van der Waals surface area contributed by atoms with E-state index in [0.717, 1.165) is 16.1 Å². The SMILES string of the molecule is COc1ccc(N([C@H](C)C(=O)N(C)Cc2ccc(Cl)cc2)S(C)(=O)=O)cc1. The van der Waals surface area contributed by atoms with E-state index in [1.807, 2.05) is 12.1 Å². The molecule has 0 saturated heterocycles. The summed E-state index contributed by atoms with van der Waals surface area (Å²) >= 11 is 5.88. The summed E-state index contributed by atoms with van der Waals surface area (Å²) in [6.45, 7) is 1.92. The smallest absolute Gasteiger partial charge is 0.246 e. The third-order valence-corrected chi connectivity index (χ3v) is 5.60. The number of anilines is 1. The van der Waals surface area contributed by atoms with Crippen LogP contribution in [0.25, 0.3) is 0 Å². The zero-order valence-corrected chi connectivity index (χ0v) is 17.3. The fraction of sp³-hybridized carbons (Fsp3) is 0.316. The zero-order chi connectivity index (χ0) is 20.2. The number of halogens is 1. The summed E-state index contributed by atoms with van der Waals surface area (Å²) in [6, 6.07) is 12.8. The molecule has 27 heavy (non-hydrogen) atoms. The van der Waals surface area contributed by atoms with Crippen molar-refractivity contribution in [3.05, 3.63) is 59.1 Å². The highest BCUT2D eigenvalue weighted by molar-refractivity contribution is 7.92. The van der Waals surface area contributed by atoms with Crippen molar-refractivity contribution in [2.24, 2.45) is 0 Å². The van der Waals surface area contributed by atoms with Gasteiger partial charge in [-0.3, -0.25) is 9.10 Å². The first kappa shape index (κ1) is 21.1. The maximum atomic E-state index is 12.9. The third-order valence-electron chi connectivity index (χ3n) is 4.10. The van der Waals surface area contributed by atoms with Gasteiger partial charge in [0.15, 0.2) is 0 Å². The number of amides is 1. The van der Waals surface area contributed by atoms with Gasteiger partial charge in [0.2, 0.25) is 15.9 Å². The van der Waals surface area contributed by atoms with Crippen LogP contribution in [-0.2, 0) is 21.4 Å². The van der Waals surface area contributed by atoms with Crippen LogP contribution >= 0.6 is 11.6 Å². The van der Waals surface area contributed by atoms with Gasteiger partial charge in [0.25, 0.3) is 0 Å². The predicted octanol–water partition coefficient (Wildman–Crippen LogP) is 3.16. The third kappa shape index (κ3) is 5.37. The molecule has 2 aromatic carbocycles. The van der Waals surface area contributed by atoms with Crippen LogP contribution in [-0.4, -0.2) is 45.7 Å². The number of methoxy groups -OCH3 is 1. The minimum Gasteiger partial charge on any atom is -0.497 e. The molecule has 0 aliphatic rings. The largest absolute Gasteiger partial charge is 0.497 e. The van der Waals surface area contributed by atoms with Crippen molar-refractivity contribution in [2.45, 2.75) is 19.5 Å². The lowest BCUT2D eigenvalue weighted by atomic mass is 10.2. The van der Waals surface area contributed by atoms with Crippen molar-refractivity contribution in [3.63, 3.8) is 0 Å². The Bertz CT molecular complexity index is 883. The quantitative estimate of drug-likeness (QED) is 0.703. The first-order valence-electron chi connectivity index (χ1n) is 8.26. The fourth-order valence-corrected chi connectivity index (χ4v) is 4.09. The number of likely N-dealkylation sites (N-methyl/N-ethyl adjacent to an activating group) is 1. The zero-order valence-electron chi connectivity index (χ0n) is 15.7. The van der Waals surface area contributed by atoms with Gasteiger partial charge < -0.3 is 9.64 Å². The minimum atomic E-state index is -3.67. The Morgan fingerprint density at radius 1 is 1.11 bits per heavy atom. The number of rotatable bonds is 7. The van der Waals surface area contributed by atoms with Crippen LogP contribution in [0.3, 0.4) is 0 Å². The molecule has 0 bridgehead atoms. The van der Waals surface area contributed by atoms with Gasteiger partial charge >= 0.3 is 0 Å². The summed E-state index contributed by atoms with van der Waals surface area (Å²) in [4.78, 5) is 14.4. The molecule has 2 rings (SSSR count). The van der Waals surface area contributed by atoms with E-state index < -0.39 is 16.1 Å². The van der Waals surface area contributed by atoms with Gasteiger partial charge in [0.05, 0.1) is 19.1 Å². The van der Waals surface area contributed by atoms with Gasteiger partial charge in [-0.2, -0.15) is 0 Å². The molecule has 6 nitrogen and oxygen atoms in total. The van der Waals surface area contributed by atoms with Crippen LogP contribution in [0.2, 0.25) is 5.02 Å².